The van der Waals surface area contributed by atoms with Gasteiger partial charge in [-0.2, -0.15) is 0 Å². The molecule has 0 aliphatic carbocycles. The molecule has 1 fully saturated rings. The summed E-state index contributed by atoms with van der Waals surface area (Å²) in [7, 11) is 0. The number of rotatable bonds is 8. The molecule has 2 heterocycles. The number of hydrogen-bond donors (Lipinski definition) is 1. The second-order valence-corrected chi connectivity index (χ2v) is 7.45. The van der Waals surface area contributed by atoms with Gasteiger partial charge in [-0.25, -0.2) is 0 Å². The summed E-state index contributed by atoms with van der Waals surface area (Å²) in [6, 6.07) is 14.2. The van der Waals surface area contributed by atoms with Crippen molar-refractivity contribution in [1.29, 1.82) is 0 Å². The summed E-state index contributed by atoms with van der Waals surface area (Å²) < 4.78 is 5.81. The smallest absolute Gasteiger partial charge is 0.223 e. The Hall–Kier alpha value is -2.40. The standard InChI is InChI=1S/C23H31N3O2/c1-19-7-4-10-22(17-19)28-16-6-11-23(27)26(18-20-8-2-3-14-25-20)21-9-5-13-24-15-12-21/h2-4,7-8,10,14,17,21,24H,5-6,9,11-13,15-16,18H2,1H3. The van der Waals surface area contributed by atoms with Crippen molar-refractivity contribution in [3.8, 4) is 5.75 Å². The van der Waals surface area contributed by atoms with Gasteiger partial charge in [-0.3, -0.25) is 9.78 Å². The number of aryl methyl sites for hydroxylation is 1. The Labute approximate surface area is 168 Å². The van der Waals surface area contributed by atoms with E-state index in [1.54, 1.807) is 6.20 Å². The number of ether oxygens (including phenoxy) is 1. The third kappa shape index (κ3) is 6.34. The number of nitrogens with one attached hydrogen (secondary N) is 1. The maximum atomic E-state index is 13.0. The minimum absolute atomic E-state index is 0.199. The monoisotopic (exact) mass is 381 g/mol. The number of aromatic nitrogens is 1. The Balaban J connectivity index is 1.56. The van der Waals surface area contributed by atoms with Crippen LogP contribution < -0.4 is 10.1 Å². The normalized spacial score (nSPS) is 17.0. The molecule has 1 unspecified atom stereocenters. The molecule has 1 aliphatic rings. The topological polar surface area (TPSA) is 54.5 Å². The molecule has 0 spiro atoms. The summed E-state index contributed by atoms with van der Waals surface area (Å²) in [5.74, 6) is 1.07. The van der Waals surface area contributed by atoms with E-state index in [0.29, 0.717) is 19.6 Å². The molecule has 1 aromatic heterocycles. The van der Waals surface area contributed by atoms with Gasteiger partial charge in [-0.15, -0.1) is 0 Å². The molecule has 0 radical (unpaired) electrons. The molecule has 1 amide bonds. The highest BCUT2D eigenvalue weighted by molar-refractivity contribution is 5.76. The first kappa shape index (κ1) is 20.3. The molecule has 28 heavy (non-hydrogen) atoms. The Kier molecular flexibility index (Phi) is 7.85. The van der Waals surface area contributed by atoms with E-state index in [-0.39, 0.29) is 11.9 Å². The summed E-state index contributed by atoms with van der Waals surface area (Å²) >= 11 is 0. The van der Waals surface area contributed by atoms with Crippen LogP contribution >= 0.6 is 0 Å². The summed E-state index contributed by atoms with van der Waals surface area (Å²) in [5.41, 5.74) is 2.13. The molecule has 1 N–H and O–H groups in total. The van der Waals surface area contributed by atoms with E-state index in [0.717, 1.165) is 50.2 Å². The quantitative estimate of drug-likeness (QED) is 0.708. The number of carbonyl (C=O) groups excluding carboxylic acids is 1. The molecule has 5 nitrogen and oxygen atoms in total. The molecule has 150 valence electrons. The second kappa shape index (κ2) is 10.8. The van der Waals surface area contributed by atoms with Crippen LogP contribution in [0.3, 0.4) is 0 Å². The van der Waals surface area contributed by atoms with Gasteiger partial charge >= 0.3 is 0 Å². The zero-order valence-corrected chi connectivity index (χ0v) is 16.8. The van der Waals surface area contributed by atoms with Gasteiger partial charge in [0.15, 0.2) is 0 Å². The van der Waals surface area contributed by atoms with Gasteiger partial charge in [0.25, 0.3) is 0 Å². The van der Waals surface area contributed by atoms with Gasteiger partial charge in [0.1, 0.15) is 5.75 Å². The first-order valence-corrected chi connectivity index (χ1v) is 10.3. The lowest BCUT2D eigenvalue weighted by atomic mass is 10.1. The van der Waals surface area contributed by atoms with Crippen LogP contribution in [-0.4, -0.2) is 41.5 Å². The third-order valence-electron chi connectivity index (χ3n) is 5.16. The van der Waals surface area contributed by atoms with Crippen LogP contribution in [0.25, 0.3) is 0 Å². The lowest BCUT2D eigenvalue weighted by molar-refractivity contribution is -0.134. The first-order valence-electron chi connectivity index (χ1n) is 10.3. The number of amides is 1. The second-order valence-electron chi connectivity index (χ2n) is 7.45. The predicted molar refractivity (Wildman–Crippen MR) is 111 cm³/mol. The number of nitrogens with zero attached hydrogens (tertiary/aromatic N) is 2. The lowest BCUT2D eigenvalue weighted by Gasteiger charge is -2.31. The van der Waals surface area contributed by atoms with E-state index >= 15 is 0 Å². The maximum absolute atomic E-state index is 13.0. The fourth-order valence-corrected chi connectivity index (χ4v) is 3.66. The van der Waals surface area contributed by atoms with E-state index in [4.69, 9.17) is 4.74 Å². The summed E-state index contributed by atoms with van der Waals surface area (Å²) in [4.78, 5) is 19.5. The van der Waals surface area contributed by atoms with Crippen LogP contribution in [0.1, 0.15) is 43.4 Å². The van der Waals surface area contributed by atoms with Crippen molar-refractivity contribution in [3.05, 3.63) is 59.9 Å². The number of benzene rings is 1. The molecule has 0 bridgehead atoms. The molecule has 1 atom stereocenters. The van der Waals surface area contributed by atoms with Crippen molar-refractivity contribution in [2.45, 2.75) is 51.6 Å². The predicted octanol–water partition coefficient (Wildman–Crippen LogP) is 3.72. The minimum atomic E-state index is 0.199. The number of carbonyl (C=O) groups is 1. The summed E-state index contributed by atoms with van der Waals surface area (Å²) in [6.07, 6.45) is 6.16. The molecular weight excluding hydrogens is 350 g/mol. The van der Waals surface area contributed by atoms with E-state index in [1.165, 1.54) is 5.56 Å². The van der Waals surface area contributed by atoms with Crippen molar-refractivity contribution in [2.75, 3.05) is 19.7 Å². The van der Waals surface area contributed by atoms with E-state index in [9.17, 15) is 4.79 Å². The van der Waals surface area contributed by atoms with E-state index in [1.807, 2.05) is 54.3 Å². The van der Waals surface area contributed by atoms with E-state index < -0.39 is 0 Å². The Morgan fingerprint density at radius 2 is 2.14 bits per heavy atom. The SMILES string of the molecule is Cc1cccc(OCCCC(=O)N(Cc2ccccn2)C2CCCNCC2)c1. The largest absolute Gasteiger partial charge is 0.494 e. The fourth-order valence-electron chi connectivity index (χ4n) is 3.66. The van der Waals surface area contributed by atoms with Crippen molar-refractivity contribution in [1.82, 2.24) is 15.2 Å². The third-order valence-corrected chi connectivity index (χ3v) is 5.16. The van der Waals surface area contributed by atoms with Crippen molar-refractivity contribution < 1.29 is 9.53 Å². The highest BCUT2D eigenvalue weighted by Crippen LogP contribution is 2.18. The zero-order chi connectivity index (χ0) is 19.6. The molecule has 2 aromatic rings. The average molecular weight is 382 g/mol. The number of pyridine rings is 1. The summed E-state index contributed by atoms with van der Waals surface area (Å²) in [5, 5.41) is 3.44. The molecule has 5 heteroatoms. The lowest BCUT2D eigenvalue weighted by Crippen LogP contribution is -2.40. The molecule has 1 aliphatic heterocycles. The van der Waals surface area contributed by atoms with Crippen LogP contribution in [0.15, 0.2) is 48.7 Å². The van der Waals surface area contributed by atoms with Gasteiger partial charge in [0, 0.05) is 18.7 Å². The van der Waals surface area contributed by atoms with Gasteiger partial charge < -0.3 is 15.0 Å². The summed E-state index contributed by atoms with van der Waals surface area (Å²) in [6.45, 7) is 5.19. The van der Waals surface area contributed by atoms with Crippen molar-refractivity contribution in [3.63, 3.8) is 0 Å². The first-order chi connectivity index (χ1) is 13.7. The molecule has 0 saturated carbocycles. The molecule has 1 aromatic carbocycles. The van der Waals surface area contributed by atoms with Crippen molar-refractivity contribution in [2.24, 2.45) is 0 Å². The van der Waals surface area contributed by atoms with Crippen LogP contribution in [0.2, 0.25) is 0 Å². The minimum Gasteiger partial charge on any atom is -0.494 e. The highest BCUT2D eigenvalue weighted by atomic mass is 16.5. The Morgan fingerprint density at radius 3 is 2.96 bits per heavy atom. The van der Waals surface area contributed by atoms with E-state index in [2.05, 4.69) is 10.3 Å². The Bertz CT molecular complexity index is 728. The van der Waals surface area contributed by atoms with Gasteiger partial charge in [0.05, 0.1) is 18.8 Å². The van der Waals surface area contributed by atoms with Crippen LogP contribution in [-0.2, 0) is 11.3 Å². The van der Waals surface area contributed by atoms with Crippen molar-refractivity contribution >= 4 is 5.91 Å². The van der Waals surface area contributed by atoms with Crippen LogP contribution in [0, 0.1) is 6.92 Å². The fraction of sp³-hybridized carbons (Fsp3) is 0.478. The zero-order valence-electron chi connectivity index (χ0n) is 16.8. The molecule has 1 saturated heterocycles. The average Bonchev–Trinajstić information content (AvgIpc) is 2.99. The van der Waals surface area contributed by atoms with Gasteiger partial charge in [-0.05, 0) is 75.5 Å². The number of hydrogen-bond acceptors (Lipinski definition) is 4. The maximum Gasteiger partial charge on any atom is 0.223 e. The van der Waals surface area contributed by atoms with Crippen LogP contribution in [0.4, 0.5) is 0 Å². The Morgan fingerprint density at radius 1 is 1.21 bits per heavy atom. The van der Waals surface area contributed by atoms with Gasteiger partial charge in [0.2, 0.25) is 5.91 Å². The molecule has 3 rings (SSSR count). The highest BCUT2D eigenvalue weighted by Gasteiger charge is 2.24. The van der Waals surface area contributed by atoms with Crippen LogP contribution in [0.5, 0.6) is 5.75 Å². The van der Waals surface area contributed by atoms with Gasteiger partial charge in [-0.1, -0.05) is 18.2 Å². The molecular formula is C23H31N3O2.